The number of nitrogens with one attached hydrogen (secondary N) is 2. The van der Waals surface area contributed by atoms with Crippen molar-refractivity contribution in [1.82, 2.24) is 9.97 Å². The summed E-state index contributed by atoms with van der Waals surface area (Å²) in [5.74, 6) is 0. The van der Waals surface area contributed by atoms with Gasteiger partial charge in [0.25, 0.3) is 0 Å². The van der Waals surface area contributed by atoms with Crippen molar-refractivity contribution in [2.24, 2.45) is 0 Å². The summed E-state index contributed by atoms with van der Waals surface area (Å²) in [6.07, 6.45) is 8.30. The summed E-state index contributed by atoms with van der Waals surface area (Å²) < 4.78 is 0.737. The summed E-state index contributed by atoms with van der Waals surface area (Å²) in [6, 6.07) is 0. The van der Waals surface area contributed by atoms with Crippen molar-refractivity contribution in [1.29, 1.82) is 0 Å². The number of unbranched alkanes of at least 4 members (excludes halogenated alkanes) is 3. The van der Waals surface area contributed by atoms with E-state index in [0.717, 1.165) is 11.2 Å². The normalized spacial score (nSPS) is 10.4. The van der Waals surface area contributed by atoms with Crippen LogP contribution in [-0.2, 0) is 6.42 Å². The van der Waals surface area contributed by atoms with Crippen LogP contribution < -0.4 is 0 Å². The van der Waals surface area contributed by atoms with E-state index in [1.165, 1.54) is 31.4 Å². The Morgan fingerprint density at radius 3 is 2.75 bits per heavy atom. The summed E-state index contributed by atoms with van der Waals surface area (Å²) >= 11 is 4.92. The van der Waals surface area contributed by atoms with E-state index in [-0.39, 0.29) is 0 Å². The topological polar surface area (TPSA) is 31.6 Å². The van der Waals surface area contributed by atoms with Crippen molar-refractivity contribution in [3.05, 3.63) is 16.7 Å². The molecule has 0 saturated heterocycles. The molecule has 0 aromatic carbocycles. The zero-order valence-corrected chi connectivity index (χ0v) is 8.34. The molecule has 68 valence electrons. The molecule has 1 aromatic heterocycles. The highest BCUT2D eigenvalue weighted by Crippen LogP contribution is 2.04. The van der Waals surface area contributed by atoms with Gasteiger partial charge < -0.3 is 9.97 Å². The molecule has 0 aliphatic carbocycles. The smallest absolute Gasteiger partial charge is 0.174 e. The Balaban J connectivity index is 2.20. The Labute approximate surface area is 78.4 Å². The number of hydrogen-bond donors (Lipinski definition) is 2. The Morgan fingerprint density at radius 1 is 1.33 bits per heavy atom. The first-order valence-corrected chi connectivity index (χ1v) is 5.00. The molecule has 0 aliphatic heterocycles. The molecule has 0 unspecified atom stereocenters. The van der Waals surface area contributed by atoms with Gasteiger partial charge in [0, 0.05) is 11.9 Å². The highest BCUT2D eigenvalue weighted by molar-refractivity contribution is 7.71. The lowest BCUT2D eigenvalue weighted by molar-refractivity contribution is 0.662. The Morgan fingerprint density at radius 2 is 2.17 bits per heavy atom. The van der Waals surface area contributed by atoms with E-state index in [1.54, 1.807) is 0 Å². The first-order valence-electron chi connectivity index (χ1n) is 4.59. The van der Waals surface area contributed by atoms with Crippen LogP contribution in [0.3, 0.4) is 0 Å². The third-order valence-electron chi connectivity index (χ3n) is 1.95. The monoisotopic (exact) mass is 184 g/mol. The Bertz CT molecular complexity index is 261. The maximum atomic E-state index is 4.92. The van der Waals surface area contributed by atoms with Gasteiger partial charge in [0.2, 0.25) is 0 Å². The van der Waals surface area contributed by atoms with Crippen molar-refractivity contribution in [3.8, 4) is 0 Å². The molecule has 3 heteroatoms. The highest BCUT2D eigenvalue weighted by atomic mass is 32.1. The largest absolute Gasteiger partial charge is 0.337 e. The first kappa shape index (κ1) is 9.52. The second-order valence-electron chi connectivity index (χ2n) is 3.08. The third-order valence-corrected chi connectivity index (χ3v) is 2.17. The highest BCUT2D eigenvalue weighted by Gasteiger charge is 1.93. The van der Waals surface area contributed by atoms with E-state index >= 15 is 0 Å². The number of aromatic nitrogens is 2. The first-order chi connectivity index (χ1) is 5.83. The second kappa shape index (κ2) is 5.14. The minimum absolute atomic E-state index is 0.737. The molecule has 0 bridgehead atoms. The van der Waals surface area contributed by atoms with E-state index in [4.69, 9.17) is 12.2 Å². The van der Waals surface area contributed by atoms with Crippen molar-refractivity contribution in [2.75, 3.05) is 0 Å². The number of imidazole rings is 1. The lowest BCUT2D eigenvalue weighted by atomic mass is 10.1. The van der Waals surface area contributed by atoms with Gasteiger partial charge in [0.15, 0.2) is 4.77 Å². The van der Waals surface area contributed by atoms with Crippen LogP contribution in [-0.4, -0.2) is 9.97 Å². The van der Waals surface area contributed by atoms with Gasteiger partial charge >= 0.3 is 0 Å². The quantitative estimate of drug-likeness (QED) is 0.534. The van der Waals surface area contributed by atoms with Crippen molar-refractivity contribution in [2.45, 2.75) is 39.0 Å². The molecule has 2 N–H and O–H groups in total. The zero-order chi connectivity index (χ0) is 8.81. The van der Waals surface area contributed by atoms with Gasteiger partial charge in [0.1, 0.15) is 0 Å². The van der Waals surface area contributed by atoms with Crippen LogP contribution in [0.2, 0.25) is 0 Å². The van der Waals surface area contributed by atoms with Crippen LogP contribution in [0.4, 0.5) is 0 Å². The molecule has 1 aromatic rings. The minimum Gasteiger partial charge on any atom is -0.337 e. The van der Waals surface area contributed by atoms with Gasteiger partial charge in [-0.3, -0.25) is 0 Å². The van der Waals surface area contributed by atoms with Crippen LogP contribution in [0, 0.1) is 4.77 Å². The summed E-state index contributed by atoms with van der Waals surface area (Å²) in [7, 11) is 0. The summed E-state index contributed by atoms with van der Waals surface area (Å²) in [5.41, 5.74) is 1.23. The van der Waals surface area contributed by atoms with E-state index < -0.39 is 0 Å². The van der Waals surface area contributed by atoms with Crippen LogP contribution >= 0.6 is 12.2 Å². The SMILES string of the molecule is CCCCCCc1c[nH]c(=S)[nH]1. The Hall–Kier alpha value is -0.570. The van der Waals surface area contributed by atoms with Gasteiger partial charge in [-0.15, -0.1) is 0 Å². The number of hydrogen-bond acceptors (Lipinski definition) is 1. The van der Waals surface area contributed by atoms with E-state index in [0.29, 0.717) is 0 Å². The maximum absolute atomic E-state index is 4.92. The molecule has 0 amide bonds. The second-order valence-corrected chi connectivity index (χ2v) is 3.49. The van der Waals surface area contributed by atoms with E-state index in [9.17, 15) is 0 Å². The summed E-state index contributed by atoms with van der Waals surface area (Å²) in [5, 5.41) is 0. The molecule has 1 rings (SSSR count). The lowest BCUT2D eigenvalue weighted by Crippen LogP contribution is -1.84. The molecule has 0 atom stereocenters. The molecule has 0 fully saturated rings. The van der Waals surface area contributed by atoms with Crippen molar-refractivity contribution >= 4 is 12.2 Å². The molecule has 0 radical (unpaired) electrons. The molecular formula is C9H16N2S. The molecule has 1 heterocycles. The van der Waals surface area contributed by atoms with E-state index in [2.05, 4.69) is 16.9 Å². The minimum atomic E-state index is 0.737. The predicted octanol–water partition coefficient (Wildman–Crippen LogP) is 3.20. The summed E-state index contributed by atoms with van der Waals surface area (Å²) in [6.45, 7) is 2.23. The number of aromatic amines is 2. The molecule has 0 saturated carbocycles. The van der Waals surface area contributed by atoms with Gasteiger partial charge in [-0.25, -0.2) is 0 Å². The molecule has 0 aliphatic rings. The fourth-order valence-electron chi connectivity index (χ4n) is 1.25. The van der Waals surface area contributed by atoms with Crippen LogP contribution in [0.15, 0.2) is 6.20 Å². The van der Waals surface area contributed by atoms with Gasteiger partial charge in [-0.2, -0.15) is 0 Å². The molecule has 2 nitrogen and oxygen atoms in total. The van der Waals surface area contributed by atoms with Gasteiger partial charge in [-0.1, -0.05) is 26.2 Å². The molecule has 0 spiro atoms. The predicted molar refractivity (Wildman–Crippen MR) is 53.8 cm³/mol. The number of H-pyrrole nitrogens is 2. The average molecular weight is 184 g/mol. The third kappa shape index (κ3) is 3.22. The fourth-order valence-corrected chi connectivity index (χ4v) is 1.44. The fraction of sp³-hybridized carbons (Fsp3) is 0.667. The van der Waals surface area contributed by atoms with Crippen LogP contribution in [0.25, 0.3) is 0 Å². The van der Waals surface area contributed by atoms with Crippen LogP contribution in [0.1, 0.15) is 38.3 Å². The summed E-state index contributed by atoms with van der Waals surface area (Å²) in [4.78, 5) is 6.08. The number of rotatable bonds is 5. The standard InChI is InChI=1S/C9H16N2S/c1-2-3-4-5-6-8-7-10-9(12)11-8/h7H,2-6H2,1H3,(H2,10,11,12). The Kier molecular flexibility index (Phi) is 4.08. The van der Waals surface area contributed by atoms with Crippen molar-refractivity contribution < 1.29 is 0 Å². The lowest BCUT2D eigenvalue weighted by Gasteiger charge is -1.96. The molecule has 12 heavy (non-hydrogen) atoms. The van der Waals surface area contributed by atoms with Crippen LogP contribution in [0.5, 0.6) is 0 Å². The van der Waals surface area contributed by atoms with Crippen molar-refractivity contribution in [3.63, 3.8) is 0 Å². The number of aryl methyl sites for hydroxylation is 1. The molecular weight excluding hydrogens is 168 g/mol. The van der Waals surface area contributed by atoms with Gasteiger partial charge in [0.05, 0.1) is 0 Å². The van der Waals surface area contributed by atoms with Gasteiger partial charge in [-0.05, 0) is 25.1 Å². The zero-order valence-electron chi connectivity index (χ0n) is 7.52. The maximum Gasteiger partial charge on any atom is 0.174 e. The average Bonchev–Trinajstić information content (AvgIpc) is 2.45. The van der Waals surface area contributed by atoms with E-state index in [1.807, 2.05) is 6.20 Å².